The van der Waals surface area contributed by atoms with Crippen LogP contribution in [-0.2, 0) is 39.2 Å². The topological polar surface area (TPSA) is 124 Å². The van der Waals surface area contributed by atoms with Crippen molar-refractivity contribution in [2.45, 2.75) is 13.1 Å². The van der Waals surface area contributed by atoms with Gasteiger partial charge in [-0.05, 0) is 48.6 Å². The van der Waals surface area contributed by atoms with Crippen molar-refractivity contribution in [1.29, 1.82) is 0 Å². The van der Waals surface area contributed by atoms with Gasteiger partial charge in [0.15, 0.2) is 11.6 Å². The second-order valence-electron chi connectivity index (χ2n) is 7.13. The van der Waals surface area contributed by atoms with Crippen molar-refractivity contribution >= 4 is 11.6 Å². The summed E-state index contributed by atoms with van der Waals surface area (Å²) in [6.45, 7) is 1.14. The molecule has 0 aromatic carbocycles. The number of carbonyl (C=O) groups is 2. The first-order valence-electron chi connectivity index (χ1n) is 10.4. The summed E-state index contributed by atoms with van der Waals surface area (Å²) in [6.07, 6.45) is 15.1. The number of hydrogen-bond acceptors (Lipinski definition) is 8. The number of aliphatic hydroxyl groups is 2. The van der Waals surface area contributed by atoms with Crippen LogP contribution < -0.4 is 10.6 Å². The quantitative estimate of drug-likeness (QED) is 0.433. The van der Waals surface area contributed by atoms with Crippen LogP contribution in [0.4, 0.5) is 0 Å². The molecular formula is C26H24N4NiO4. The van der Waals surface area contributed by atoms with E-state index >= 15 is 0 Å². The summed E-state index contributed by atoms with van der Waals surface area (Å²) >= 11 is 0. The van der Waals surface area contributed by atoms with Crippen molar-refractivity contribution in [3.63, 3.8) is 0 Å². The first-order valence-corrected chi connectivity index (χ1v) is 10.4. The first kappa shape index (κ1) is 27.0. The molecule has 35 heavy (non-hydrogen) atoms. The molecule has 4 rings (SSSR count). The summed E-state index contributed by atoms with van der Waals surface area (Å²) in [5, 5.41) is 25.1. The van der Waals surface area contributed by atoms with Crippen molar-refractivity contribution in [2.75, 3.05) is 0 Å². The molecule has 0 bridgehead atoms. The zero-order valence-corrected chi connectivity index (χ0v) is 19.6. The Bertz CT molecular complexity index is 1100. The average Bonchev–Trinajstić information content (AvgIpc) is 2.84. The van der Waals surface area contributed by atoms with E-state index in [1.54, 1.807) is 36.9 Å². The van der Waals surface area contributed by atoms with E-state index in [2.05, 4.69) is 20.6 Å². The standard InChI is InChI=1S/2C13H12N2O2.Ni/c2*16-12-5-4-10(13(17)7-12)8-14-9-11-3-1-2-6-15-11;/h2*1-8,14,17H,9H2;. The number of nitrogens with one attached hydrogen (secondary N) is 2. The number of aromatic nitrogens is 2. The van der Waals surface area contributed by atoms with Gasteiger partial charge in [0.05, 0.1) is 24.5 Å². The Kier molecular flexibility index (Phi) is 10.9. The molecule has 0 unspecified atom stereocenters. The summed E-state index contributed by atoms with van der Waals surface area (Å²) in [4.78, 5) is 30.2. The Labute approximate surface area is 213 Å². The van der Waals surface area contributed by atoms with Crippen LogP contribution >= 0.6 is 0 Å². The maximum absolute atomic E-state index is 10.9. The summed E-state index contributed by atoms with van der Waals surface area (Å²) in [6, 6.07) is 11.3. The second-order valence-corrected chi connectivity index (χ2v) is 7.13. The molecule has 0 spiro atoms. The third-order valence-electron chi connectivity index (χ3n) is 4.54. The van der Waals surface area contributed by atoms with Gasteiger partial charge in [-0.25, -0.2) is 0 Å². The number of pyridine rings is 2. The van der Waals surface area contributed by atoms with Gasteiger partial charge in [0, 0.05) is 64.6 Å². The molecule has 2 heterocycles. The summed E-state index contributed by atoms with van der Waals surface area (Å²) in [7, 11) is 0. The Balaban J connectivity index is 0.000000240. The van der Waals surface area contributed by atoms with Crippen molar-refractivity contribution in [1.82, 2.24) is 20.6 Å². The first-order chi connectivity index (χ1) is 16.5. The van der Waals surface area contributed by atoms with Crippen molar-refractivity contribution < 1.29 is 36.3 Å². The van der Waals surface area contributed by atoms with Crippen LogP contribution in [0.5, 0.6) is 0 Å². The maximum Gasteiger partial charge on any atom is 0.182 e. The van der Waals surface area contributed by atoms with Crippen LogP contribution in [0.25, 0.3) is 0 Å². The van der Waals surface area contributed by atoms with Crippen LogP contribution in [0.2, 0.25) is 0 Å². The van der Waals surface area contributed by atoms with Crippen LogP contribution in [-0.4, -0.2) is 31.7 Å². The van der Waals surface area contributed by atoms with Crippen molar-refractivity contribution in [2.24, 2.45) is 0 Å². The fraction of sp³-hybridized carbons (Fsp3) is 0.0769. The molecule has 0 aliphatic heterocycles. The smallest absolute Gasteiger partial charge is 0.182 e. The van der Waals surface area contributed by atoms with Crippen LogP contribution in [0, 0.1) is 0 Å². The molecule has 2 aromatic rings. The normalized spacial score (nSPS) is 16.6. The van der Waals surface area contributed by atoms with Gasteiger partial charge in [-0.3, -0.25) is 19.6 Å². The van der Waals surface area contributed by atoms with E-state index in [1.165, 1.54) is 24.3 Å². The number of nitrogens with zero attached hydrogens (tertiary/aromatic N) is 2. The average molecular weight is 515 g/mol. The second kappa shape index (κ2) is 14.1. The van der Waals surface area contributed by atoms with Crippen LogP contribution in [0.3, 0.4) is 0 Å². The molecule has 0 saturated heterocycles. The third kappa shape index (κ3) is 9.27. The largest absolute Gasteiger partial charge is 0.507 e. The molecule has 0 amide bonds. The monoisotopic (exact) mass is 514 g/mol. The number of rotatable bonds is 6. The molecule has 2 aromatic heterocycles. The number of ketones is 2. The SMILES string of the molecule is O=C1C=CC(=CNCc2ccccn2)C(O)=C1.O=C1C=CC(=CNCc2ccccn2)C(O)=C1.[Ni]. The number of aliphatic hydroxyl groups excluding tert-OH is 2. The zero-order chi connectivity index (χ0) is 24.2. The minimum absolute atomic E-state index is 0. The zero-order valence-electron chi connectivity index (χ0n) is 18.6. The van der Waals surface area contributed by atoms with E-state index in [9.17, 15) is 19.8 Å². The van der Waals surface area contributed by atoms with Gasteiger partial charge in [-0.15, -0.1) is 0 Å². The molecule has 2 aliphatic rings. The van der Waals surface area contributed by atoms with E-state index < -0.39 is 0 Å². The summed E-state index contributed by atoms with van der Waals surface area (Å²) < 4.78 is 0. The molecule has 0 atom stereocenters. The number of hydrogen-bond donors (Lipinski definition) is 4. The van der Waals surface area contributed by atoms with Gasteiger partial charge < -0.3 is 20.8 Å². The molecule has 182 valence electrons. The third-order valence-corrected chi connectivity index (χ3v) is 4.54. The van der Waals surface area contributed by atoms with E-state index in [-0.39, 0.29) is 39.6 Å². The van der Waals surface area contributed by atoms with Gasteiger partial charge in [0.25, 0.3) is 0 Å². The Morgan fingerprint density at radius 3 is 1.46 bits per heavy atom. The van der Waals surface area contributed by atoms with Crippen molar-refractivity contribution in [3.8, 4) is 0 Å². The minimum Gasteiger partial charge on any atom is -0.507 e. The molecule has 0 fully saturated rings. The summed E-state index contributed by atoms with van der Waals surface area (Å²) in [5.74, 6) is -0.453. The fourth-order valence-electron chi connectivity index (χ4n) is 2.83. The van der Waals surface area contributed by atoms with Gasteiger partial charge in [-0.2, -0.15) is 0 Å². The van der Waals surface area contributed by atoms with E-state index in [4.69, 9.17) is 0 Å². The molecule has 4 N–H and O–H groups in total. The maximum atomic E-state index is 10.9. The molecule has 0 radical (unpaired) electrons. The van der Waals surface area contributed by atoms with Gasteiger partial charge in [0.2, 0.25) is 0 Å². The van der Waals surface area contributed by atoms with E-state index in [1.807, 2.05) is 36.4 Å². The fourth-order valence-corrected chi connectivity index (χ4v) is 2.83. The molecule has 0 saturated carbocycles. The number of allylic oxidation sites excluding steroid dienone is 6. The molecular weight excluding hydrogens is 491 g/mol. The predicted molar refractivity (Wildman–Crippen MR) is 128 cm³/mol. The minimum atomic E-state index is -0.204. The van der Waals surface area contributed by atoms with Crippen LogP contribution in [0.15, 0.2) is 120 Å². The number of carbonyl (C=O) groups excluding carboxylic acids is 2. The van der Waals surface area contributed by atoms with E-state index in [0.717, 1.165) is 11.4 Å². The van der Waals surface area contributed by atoms with Crippen molar-refractivity contribution in [3.05, 3.63) is 132 Å². The van der Waals surface area contributed by atoms with Crippen LogP contribution in [0.1, 0.15) is 11.4 Å². The Morgan fingerprint density at radius 1 is 0.686 bits per heavy atom. The van der Waals surface area contributed by atoms with Gasteiger partial charge in [-0.1, -0.05) is 12.1 Å². The molecule has 9 heteroatoms. The Morgan fingerprint density at radius 2 is 1.11 bits per heavy atom. The molecule has 2 aliphatic carbocycles. The van der Waals surface area contributed by atoms with Gasteiger partial charge >= 0.3 is 0 Å². The van der Waals surface area contributed by atoms with E-state index in [0.29, 0.717) is 24.2 Å². The molecule has 8 nitrogen and oxygen atoms in total. The Hall–Kier alpha value is -4.23. The predicted octanol–water partition coefficient (Wildman–Crippen LogP) is 3.27. The summed E-state index contributed by atoms with van der Waals surface area (Å²) in [5.41, 5.74) is 2.98. The van der Waals surface area contributed by atoms with Gasteiger partial charge in [0.1, 0.15) is 11.5 Å².